The molecule has 1 unspecified atom stereocenters. The van der Waals surface area contributed by atoms with E-state index in [0.717, 1.165) is 30.1 Å². The fraction of sp³-hybridized carbons (Fsp3) is 0.765. The van der Waals surface area contributed by atoms with Crippen molar-refractivity contribution in [2.75, 3.05) is 13.7 Å². The van der Waals surface area contributed by atoms with Crippen LogP contribution >= 0.6 is 22.9 Å². The minimum atomic E-state index is -0.0983. The van der Waals surface area contributed by atoms with Crippen molar-refractivity contribution in [1.29, 1.82) is 0 Å². The van der Waals surface area contributed by atoms with Gasteiger partial charge in [-0.1, -0.05) is 32.4 Å². The largest absolute Gasteiger partial charge is 0.376 e. The average Bonchev–Trinajstić information content (AvgIpc) is 2.87. The Bertz CT molecular complexity index is 447. The van der Waals surface area contributed by atoms with Gasteiger partial charge in [-0.2, -0.15) is 0 Å². The lowest BCUT2D eigenvalue weighted by molar-refractivity contribution is -0.0868. The van der Waals surface area contributed by atoms with Crippen molar-refractivity contribution in [3.63, 3.8) is 0 Å². The molecule has 1 aromatic rings. The van der Waals surface area contributed by atoms with Gasteiger partial charge in [-0.15, -0.1) is 11.3 Å². The Morgan fingerprint density at radius 3 is 2.43 bits per heavy atom. The molecule has 0 aromatic carbocycles. The number of rotatable bonds is 6. The van der Waals surface area contributed by atoms with Crippen LogP contribution in [0, 0.1) is 5.41 Å². The number of methoxy groups -OCH3 is 1. The first-order chi connectivity index (χ1) is 9.92. The topological polar surface area (TPSA) is 21.3 Å². The second-order valence-corrected chi connectivity index (χ2v) is 8.71. The summed E-state index contributed by atoms with van der Waals surface area (Å²) in [6.07, 6.45) is 5.76. The lowest BCUT2D eigenvalue weighted by Crippen LogP contribution is -2.49. The first-order valence-electron chi connectivity index (χ1n) is 7.96. The highest BCUT2D eigenvalue weighted by atomic mass is 35.5. The highest BCUT2D eigenvalue weighted by molar-refractivity contribution is 7.16. The summed E-state index contributed by atoms with van der Waals surface area (Å²) in [6, 6.07) is 4.40. The zero-order valence-electron chi connectivity index (χ0n) is 13.7. The minimum Gasteiger partial charge on any atom is -0.376 e. The molecule has 1 N–H and O–H groups in total. The SMILES string of the molecule is CCCNC(c1ccc(Cl)s1)C1(OC)CCC(C)(C)CC1. The molecule has 1 fully saturated rings. The molecule has 1 aliphatic carbocycles. The van der Waals surface area contributed by atoms with Crippen LogP contribution in [0.15, 0.2) is 12.1 Å². The van der Waals surface area contributed by atoms with E-state index in [-0.39, 0.29) is 11.6 Å². The molecule has 1 saturated carbocycles. The summed E-state index contributed by atoms with van der Waals surface area (Å²) in [5, 5.41) is 3.71. The molecule has 4 heteroatoms. The molecule has 2 nitrogen and oxygen atoms in total. The second-order valence-electron chi connectivity index (χ2n) is 6.96. The van der Waals surface area contributed by atoms with Crippen LogP contribution in [0.3, 0.4) is 0 Å². The van der Waals surface area contributed by atoms with Gasteiger partial charge in [0.1, 0.15) is 0 Å². The Hall–Kier alpha value is -0.0900. The molecule has 0 saturated heterocycles. The number of halogens is 1. The monoisotopic (exact) mass is 329 g/mol. The summed E-state index contributed by atoms with van der Waals surface area (Å²) >= 11 is 7.84. The number of nitrogens with one attached hydrogen (secondary N) is 1. The number of ether oxygens (including phenoxy) is 1. The van der Waals surface area contributed by atoms with Crippen LogP contribution in [0.4, 0.5) is 0 Å². The summed E-state index contributed by atoms with van der Waals surface area (Å²) in [5.74, 6) is 0. The van der Waals surface area contributed by atoms with Gasteiger partial charge in [-0.05, 0) is 56.2 Å². The zero-order chi connectivity index (χ0) is 15.5. The summed E-state index contributed by atoms with van der Waals surface area (Å²) in [6.45, 7) is 7.94. The quantitative estimate of drug-likeness (QED) is 0.751. The standard InChI is InChI=1S/C17H28ClNOS/c1-5-12-19-15(13-6-7-14(18)21-13)17(20-4)10-8-16(2,3)9-11-17/h6-7,15,19H,5,8-12H2,1-4H3. The van der Waals surface area contributed by atoms with Gasteiger partial charge in [0, 0.05) is 12.0 Å². The van der Waals surface area contributed by atoms with Gasteiger partial charge < -0.3 is 10.1 Å². The summed E-state index contributed by atoms with van der Waals surface area (Å²) in [5.41, 5.74) is 0.337. The third-order valence-electron chi connectivity index (χ3n) is 4.86. The van der Waals surface area contributed by atoms with E-state index in [0.29, 0.717) is 5.41 Å². The fourth-order valence-electron chi connectivity index (χ4n) is 3.28. The molecule has 1 aliphatic rings. The Kier molecular flexibility index (Phi) is 5.75. The predicted octanol–water partition coefficient (Wildman–Crippen LogP) is 5.43. The molecule has 0 spiro atoms. The average molecular weight is 330 g/mol. The first kappa shape index (κ1) is 17.3. The Morgan fingerprint density at radius 2 is 1.95 bits per heavy atom. The molecule has 21 heavy (non-hydrogen) atoms. The van der Waals surface area contributed by atoms with Crippen molar-refractivity contribution < 1.29 is 4.74 Å². The zero-order valence-corrected chi connectivity index (χ0v) is 15.2. The smallest absolute Gasteiger partial charge is 0.0931 e. The van der Waals surface area contributed by atoms with E-state index >= 15 is 0 Å². The van der Waals surface area contributed by atoms with E-state index in [2.05, 4.69) is 32.2 Å². The van der Waals surface area contributed by atoms with E-state index in [9.17, 15) is 0 Å². The van der Waals surface area contributed by atoms with Crippen molar-refractivity contribution in [2.45, 2.75) is 64.5 Å². The Morgan fingerprint density at radius 1 is 1.29 bits per heavy atom. The molecule has 0 radical (unpaired) electrons. The van der Waals surface area contributed by atoms with Crippen LogP contribution in [0.2, 0.25) is 4.34 Å². The first-order valence-corrected chi connectivity index (χ1v) is 9.16. The van der Waals surface area contributed by atoms with Gasteiger partial charge in [0.2, 0.25) is 0 Å². The lowest BCUT2D eigenvalue weighted by atomic mass is 9.68. The van der Waals surface area contributed by atoms with Gasteiger partial charge in [0.15, 0.2) is 0 Å². The van der Waals surface area contributed by atoms with E-state index in [1.807, 2.05) is 13.2 Å². The number of hydrogen-bond acceptors (Lipinski definition) is 3. The second kappa shape index (κ2) is 6.99. The Labute approximate surface area is 138 Å². The summed E-state index contributed by atoms with van der Waals surface area (Å²) in [4.78, 5) is 1.30. The van der Waals surface area contributed by atoms with E-state index < -0.39 is 0 Å². The van der Waals surface area contributed by atoms with Crippen molar-refractivity contribution in [2.24, 2.45) is 5.41 Å². The molecule has 1 heterocycles. The van der Waals surface area contributed by atoms with Crippen LogP contribution in [0.5, 0.6) is 0 Å². The normalized spacial score (nSPS) is 22.1. The molecule has 1 atom stereocenters. The maximum atomic E-state index is 6.16. The number of hydrogen-bond donors (Lipinski definition) is 1. The molecule has 2 rings (SSSR count). The maximum absolute atomic E-state index is 6.16. The third kappa shape index (κ3) is 4.01. The Balaban J connectivity index is 2.25. The van der Waals surface area contributed by atoms with Gasteiger partial charge in [-0.25, -0.2) is 0 Å². The van der Waals surface area contributed by atoms with E-state index in [1.54, 1.807) is 11.3 Å². The van der Waals surface area contributed by atoms with Crippen LogP contribution in [0.25, 0.3) is 0 Å². The molecule has 0 amide bonds. The minimum absolute atomic E-state index is 0.0983. The van der Waals surface area contributed by atoms with Crippen LogP contribution in [-0.4, -0.2) is 19.3 Å². The molecule has 0 bridgehead atoms. The van der Waals surface area contributed by atoms with E-state index in [1.165, 1.54) is 17.7 Å². The van der Waals surface area contributed by atoms with Crippen LogP contribution in [0.1, 0.15) is 63.8 Å². The van der Waals surface area contributed by atoms with Gasteiger partial charge in [-0.3, -0.25) is 0 Å². The van der Waals surface area contributed by atoms with Crippen molar-refractivity contribution >= 4 is 22.9 Å². The highest BCUT2D eigenvalue weighted by Crippen LogP contribution is 2.48. The third-order valence-corrected chi connectivity index (χ3v) is 6.16. The maximum Gasteiger partial charge on any atom is 0.0931 e. The van der Waals surface area contributed by atoms with Crippen molar-refractivity contribution in [3.05, 3.63) is 21.3 Å². The van der Waals surface area contributed by atoms with Crippen molar-refractivity contribution in [1.82, 2.24) is 5.32 Å². The summed E-state index contributed by atoms with van der Waals surface area (Å²) < 4.78 is 6.95. The van der Waals surface area contributed by atoms with Crippen LogP contribution < -0.4 is 5.32 Å². The summed E-state index contributed by atoms with van der Waals surface area (Å²) in [7, 11) is 1.87. The highest BCUT2D eigenvalue weighted by Gasteiger charge is 2.45. The van der Waals surface area contributed by atoms with Crippen molar-refractivity contribution in [3.8, 4) is 0 Å². The predicted molar refractivity (Wildman–Crippen MR) is 92.4 cm³/mol. The molecular weight excluding hydrogens is 302 g/mol. The van der Waals surface area contributed by atoms with Gasteiger partial charge in [0.05, 0.1) is 16.0 Å². The van der Waals surface area contributed by atoms with Gasteiger partial charge >= 0.3 is 0 Å². The van der Waals surface area contributed by atoms with E-state index in [4.69, 9.17) is 16.3 Å². The molecule has 0 aliphatic heterocycles. The van der Waals surface area contributed by atoms with Crippen LogP contribution in [-0.2, 0) is 4.74 Å². The van der Waals surface area contributed by atoms with Gasteiger partial charge in [0.25, 0.3) is 0 Å². The molecule has 1 aromatic heterocycles. The molecular formula is C17H28ClNOS. The number of thiophene rings is 1. The molecule has 120 valence electrons. The lowest BCUT2D eigenvalue weighted by Gasteiger charge is -2.47. The fourth-order valence-corrected chi connectivity index (χ4v) is 4.52.